The molecule has 0 aliphatic rings. The van der Waals surface area contributed by atoms with Crippen molar-refractivity contribution in [3.8, 4) is 5.75 Å². The van der Waals surface area contributed by atoms with Gasteiger partial charge in [0.15, 0.2) is 0 Å². The zero-order valence-electron chi connectivity index (χ0n) is 10.4. The number of halogens is 2. The van der Waals surface area contributed by atoms with Crippen LogP contribution in [0.3, 0.4) is 0 Å². The van der Waals surface area contributed by atoms with E-state index in [0.717, 1.165) is 5.56 Å². The quantitative estimate of drug-likeness (QED) is 0.863. The van der Waals surface area contributed by atoms with E-state index in [1.807, 2.05) is 6.92 Å². The average Bonchev–Trinajstić information content (AvgIpc) is 2.42. The number of benzene rings is 1. The van der Waals surface area contributed by atoms with E-state index >= 15 is 0 Å². The van der Waals surface area contributed by atoms with Crippen LogP contribution in [0.25, 0.3) is 0 Å². The van der Waals surface area contributed by atoms with E-state index in [4.69, 9.17) is 4.74 Å². The van der Waals surface area contributed by atoms with Crippen molar-refractivity contribution < 1.29 is 9.13 Å². The fraction of sp³-hybridized carbons (Fsp3) is 0.214. The molecule has 1 heterocycles. The maximum absolute atomic E-state index is 12.8. The van der Waals surface area contributed by atoms with E-state index in [0.29, 0.717) is 16.8 Å². The van der Waals surface area contributed by atoms with Crippen LogP contribution >= 0.6 is 15.9 Å². The molecule has 1 aromatic carbocycles. The van der Waals surface area contributed by atoms with Crippen LogP contribution in [-0.2, 0) is 13.2 Å². The van der Waals surface area contributed by atoms with Gasteiger partial charge >= 0.3 is 0 Å². The second kappa shape index (κ2) is 6.02. The van der Waals surface area contributed by atoms with E-state index in [-0.39, 0.29) is 18.0 Å². The molecule has 19 heavy (non-hydrogen) atoms. The third-order valence-electron chi connectivity index (χ3n) is 2.72. The Hall–Kier alpha value is -1.62. The van der Waals surface area contributed by atoms with Crippen LogP contribution in [0.2, 0.25) is 0 Å². The highest BCUT2D eigenvalue weighted by molar-refractivity contribution is 9.10. The molecule has 0 fully saturated rings. The first-order valence-electron chi connectivity index (χ1n) is 5.88. The molecule has 0 N–H and O–H groups in total. The predicted molar refractivity (Wildman–Crippen MR) is 74.8 cm³/mol. The summed E-state index contributed by atoms with van der Waals surface area (Å²) in [6.07, 6.45) is 1.69. The van der Waals surface area contributed by atoms with Crippen molar-refractivity contribution in [3.63, 3.8) is 0 Å². The maximum Gasteiger partial charge on any atom is 0.268 e. The summed E-state index contributed by atoms with van der Waals surface area (Å²) < 4.78 is 20.3. The zero-order chi connectivity index (χ0) is 13.8. The normalized spacial score (nSPS) is 10.5. The Labute approximate surface area is 118 Å². The molecule has 100 valence electrons. The van der Waals surface area contributed by atoms with Crippen LogP contribution in [0.5, 0.6) is 5.75 Å². The van der Waals surface area contributed by atoms with E-state index in [1.54, 1.807) is 29.0 Å². The van der Waals surface area contributed by atoms with E-state index in [1.165, 1.54) is 12.1 Å². The number of aromatic nitrogens is 1. The molecule has 0 bridgehead atoms. The standard InChI is InChI=1S/C14H13BrFNO2/c1-2-17-8-7-12(13(15)14(17)18)19-9-10-3-5-11(16)6-4-10/h3-8H,2,9H2,1H3. The van der Waals surface area contributed by atoms with Crippen molar-refractivity contribution in [2.45, 2.75) is 20.1 Å². The Bertz CT molecular complexity index is 622. The van der Waals surface area contributed by atoms with Gasteiger partial charge in [-0.05, 0) is 46.6 Å². The fourth-order valence-corrected chi connectivity index (χ4v) is 2.11. The SMILES string of the molecule is CCn1ccc(OCc2ccc(F)cc2)c(Br)c1=O. The van der Waals surface area contributed by atoms with Crippen molar-refractivity contribution in [1.82, 2.24) is 4.57 Å². The van der Waals surface area contributed by atoms with Gasteiger partial charge in [-0.15, -0.1) is 0 Å². The maximum atomic E-state index is 12.8. The summed E-state index contributed by atoms with van der Waals surface area (Å²) in [5.74, 6) is 0.203. The topological polar surface area (TPSA) is 31.2 Å². The smallest absolute Gasteiger partial charge is 0.268 e. The van der Waals surface area contributed by atoms with Gasteiger partial charge < -0.3 is 9.30 Å². The van der Waals surface area contributed by atoms with Crippen LogP contribution in [-0.4, -0.2) is 4.57 Å². The number of rotatable bonds is 4. The Kier molecular flexibility index (Phi) is 4.37. The lowest BCUT2D eigenvalue weighted by atomic mass is 10.2. The lowest BCUT2D eigenvalue weighted by Crippen LogP contribution is -2.19. The minimum atomic E-state index is -0.282. The number of ether oxygens (including phenoxy) is 1. The Morgan fingerprint density at radius 1 is 1.26 bits per heavy atom. The summed E-state index contributed by atoms with van der Waals surface area (Å²) in [7, 11) is 0. The monoisotopic (exact) mass is 325 g/mol. The number of pyridine rings is 1. The lowest BCUT2D eigenvalue weighted by Gasteiger charge is -2.10. The molecule has 2 aromatic rings. The zero-order valence-corrected chi connectivity index (χ0v) is 12.0. The molecule has 1 aromatic heterocycles. The summed E-state index contributed by atoms with van der Waals surface area (Å²) in [5.41, 5.74) is 0.715. The summed E-state index contributed by atoms with van der Waals surface area (Å²) in [4.78, 5) is 11.9. The van der Waals surface area contributed by atoms with Gasteiger partial charge in [0.1, 0.15) is 22.6 Å². The number of nitrogens with zero attached hydrogens (tertiary/aromatic N) is 1. The molecular weight excluding hydrogens is 313 g/mol. The molecular formula is C14H13BrFNO2. The molecule has 0 saturated heterocycles. The molecule has 0 unspecified atom stereocenters. The van der Waals surface area contributed by atoms with Gasteiger partial charge in [0, 0.05) is 12.7 Å². The minimum absolute atomic E-state index is 0.126. The molecule has 0 spiro atoms. The Balaban J connectivity index is 2.14. The summed E-state index contributed by atoms with van der Waals surface area (Å²) in [6.45, 7) is 2.79. The van der Waals surface area contributed by atoms with E-state index in [9.17, 15) is 9.18 Å². The molecule has 2 rings (SSSR count). The van der Waals surface area contributed by atoms with Gasteiger partial charge in [-0.2, -0.15) is 0 Å². The molecule has 0 atom stereocenters. The van der Waals surface area contributed by atoms with Crippen molar-refractivity contribution in [3.05, 3.63) is 62.7 Å². The van der Waals surface area contributed by atoms with Crippen LogP contribution in [0.1, 0.15) is 12.5 Å². The van der Waals surface area contributed by atoms with Crippen LogP contribution in [0.15, 0.2) is 45.8 Å². The van der Waals surface area contributed by atoms with Gasteiger partial charge in [0.2, 0.25) is 0 Å². The van der Waals surface area contributed by atoms with Gasteiger partial charge in [0.05, 0.1) is 0 Å². The first-order chi connectivity index (χ1) is 9.11. The van der Waals surface area contributed by atoms with Crippen molar-refractivity contribution in [2.24, 2.45) is 0 Å². The van der Waals surface area contributed by atoms with Crippen molar-refractivity contribution in [2.75, 3.05) is 0 Å². The van der Waals surface area contributed by atoms with E-state index in [2.05, 4.69) is 15.9 Å². The second-order valence-corrected chi connectivity index (χ2v) is 4.79. The second-order valence-electron chi connectivity index (χ2n) is 4.00. The third-order valence-corrected chi connectivity index (χ3v) is 3.45. The Morgan fingerprint density at radius 2 is 1.95 bits per heavy atom. The Morgan fingerprint density at radius 3 is 2.58 bits per heavy atom. The summed E-state index contributed by atoms with van der Waals surface area (Å²) >= 11 is 3.24. The molecule has 0 saturated carbocycles. The van der Waals surface area contributed by atoms with Crippen molar-refractivity contribution in [1.29, 1.82) is 0 Å². The minimum Gasteiger partial charge on any atom is -0.487 e. The van der Waals surface area contributed by atoms with Crippen LogP contribution in [0, 0.1) is 5.82 Å². The number of aryl methyl sites for hydroxylation is 1. The number of hydrogen-bond acceptors (Lipinski definition) is 2. The average molecular weight is 326 g/mol. The molecule has 0 radical (unpaired) electrons. The van der Waals surface area contributed by atoms with Crippen molar-refractivity contribution >= 4 is 15.9 Å². The molecule has 0 aliphatic carbocycles. The first kappa shape index (κ1) is 13.8. The highest BCUT2D eigenvalue weighted by Crippen LogP contribution is 2.21. The fourth-order valence-electron chi connectivity index (χ4n) is 1.63. The third kappa shape index (κ3) is 3.23. The highest BCUT2D eigenvalue weighted by atomic mass is 79.9. The number of hydrogen-bond donors (Lipinski definition) is 0. The van der Waals surface area contributed by atoms with Crippen LogP contribution in [0.4, 0.5) is 4.39 Å². The lowest BCUT2D eigenvalue weighted by molar-refractivity contribution is 0.302. The molecule has 0 amide bonds. The highest BCUT2D eigenvalue weighted by Gasteiger charge is 2.08. The van der Waals surface area contributed by atoms with Crippen LogP contribution < -0.4 is 10.3 Å². The molecule has 3 nitrogen and oxygen atoms in total. The largest absolute Gasteiger partial charge is 0.487 e. The van der Waals surface area contributed by atoms with Gasteiger partial charge in [-0.25, -0.2) is 4.39 Å². The first-order valence-corrected chi connectivity index (χ1v) is 6.67. The van der Waals surface area contributed by atoms with Gasteiger partial charge in [-0.3, -0.25) is 4.79 Å². The van der Waals surface area contributed by atoms with Gasteiger partial charge in [0.25, 0.3) is 5.56 Å². The molecule has 0 aliphatic heterocycles. The van der Waals surface area contributed by atoms with Gasteiger partial charge in [-0.1, -0.05) is 12.1 Å². The predicted octanol–water partition coefficient (Wildman–Crippen LogP) is 3.35. The molecule has 5 heteroatoms. The summed E-state index contributed by atoms with van der Waals surface area (Å²) in [5, 5.41) is 0. The van der Waals surface area contributed by atoms with E-state index < -0.39 is 0 Å². The summed E-state index contributed by atoms with van der Waals surface area (Å²) in [6, 6.07) is 7.79.